The maximum atomic E-state index is 6.22. The fraction of sp³-hybridized carbons (Fsp3) is 0.385. The minimum absolute atomic E-state index is 0.213. The quantitative estimate of drug-likeness (QED) is 0.882. The Kier molecular flexibility index (Phi) is 3.68. The highest BCUT2D eigenvalue weighted by Crippen LogP contribution is 2.27. The van der Waals surface area contributed by atoms with Crippen LogP contribution < -0.4 is 0 Å². The number of rotatable bonds is 3. The van der Waals surface area contributed by atoms with E-state index in [4.69, 9.17) is 28.6 Å². The molecular weight excluding hydrogens is 282 g/mol. The van der Waals surface area contributed by atoms with Gasteiger partial charge in [0.05, 0.1) is 17.7 Å². The second kappa shape index (κ2) is 5.45. The van der Waals surface area contributed by atoms with Gasteiger partial charge in [0.25, 0.3) is 0 Å². The van der Waals surface area contributed by atoms with Crippen LogP contribution in [0.15, 0.2) is 24.3 Å². The lowest BCUT2D eigenvalue weighted by atomic mass is 10.2. The van der Waals surface area contributed by atoms with E-state index in [9.17, 15) is 0 Å². The van der Waals surface area contributed by atoms with Crippen LogP contribution in [0.4, 0.5) is 0 Å². The Morgan fingerprint density at radius 2 is 2.32 bits per heavy atom. The van der Waals surface area contributed by atoms with Crippen molar-refractivity contribution in [3.63, 3.8) is 0 Å². The summed E-state index contributed by atoms with van der Waals surface area (Å²) >= 11 is 11.5. The van der Waals surface area contributed by atoms with E-state index in [1.807, 2.05) is 28.8 Å². The molecule has 1 fully saturated rings. The lowest BCUT2D eigenvalue weighted by Crippen LogP contribution is -2.16. The molecule has 0 unspecified atom stereocenters. The Morgan fingerprint density at radius 3 is 3.05 bits per heavy atom. The highest BCUT2D eigenvalue weighted by Gasteiger charge is 2.19. The Bertz CT molecular complexity index is 631. The molecule has 1 atom stereocenters. The SMILES string of the molecule is S=c1[nH]nc(-c2ccccc2Cl)n1C[C@@H]1CCCO1. The molecule has 0 spiro atoms. The molecule has 100 valence electrons. The van der Waals surface area contributed by atoms with Crippen LogP contribution in [0.25, 0.3) is 11.4 Å². The first kappa shape index (κ1) is 12.8. The highest BCUT2D eigenvalue weighted by atomic mass is 35.5. The molecule has 1 aromatic heterocycles. The molecule has 1 N–H and O–H groups in total. The Balaban J connectivity index is 1.98. The maximum absolute atomic E-state index is 6.22. The van der Waals surface area contributed by atoms with Crippen LogP contribution in [0.5, 0.6) is 0 Å². The van der Waals surface area contributed by atoms with Gasteiger partial charge in [0.1, 0.15) is 0 Å². The third-order valence-corrected chi connectivity index (χ3v) is 3.92. The van der Waals surface area contributed by atoms with Crippen molar-refractivity contribution >= 4 is 23.8 Å². The third kappa shape index (κ3) is 2.59. The molecule has 1 aromatic carbocycles. The fourth-order valence-electron chi connectivity index (χ4n) is 2.33. The van der Waals surface area contributed by atoms with Crippen molar-refractivity contribution in [3.05, 3.63) is 34.1 Å². The number of aromatic nitrogens is 3. The molecule has 3 rings (SSSR count). The second-order valence-electron chi connectivity index (χ2n) is 4.58. The Labute approximate surface area is 121 Å². The number of nitrogens with zero attached hydrogens (tertiary/aromatic N) is 2. The van der Waals surface area contributed by atoms with Crippen molar-refractivity contribution in [2.45, 2.75) is 25.5 Å². The smallest absolute Gasteiger partial charge is 0.195 e. The first-order valence-corrected chi connectivity index (χ1v) is 7.06. The number of H-pyrrole nitrogens is 1. The van der Waals surface area contributed by atoms with E-state index in [1.165, 1.54) is 0 Å². The van der Waals surface area contributed by atoms with Crippen molar-refractivity contribution in [1.82, 2.24) is 14.8 Å². The summed E-state index contributed by atoms with van der Waals surface area (Å²) < 4.78 is 8.23. The minimum atomic E-state index is 0.213. The van der Waals surface area contributed by atoms with Crippen molar-refractivity contribution in [3.8, 4) is 11.4 Å². The number of hydrogen-bond acceptors (Lipinski definition) is 3. The Morgan fingerprint density at radius 1 is 1.47 bits per heavy atom. The molecular formula is C13H14ClN3OS. The van der Waals surface area contributed by atoms with Gasteiger partial charge in [-0.15, -0.1) is 0 Å². The Hall–Kier alpha value is -1.17. The van der Waals surface area contributed by atoms with Crippen LogP contribution in [-0.4, -0.2) is 27.5 Å². The number of halogens is 1. The van der Waals surface area contributed by atoms with Gasteiger partial charge in [0, 0.05) is 12.2 Å². The first-order chi connectivity index (χ1) is 9.25. The molecule has 2 aromatic rings. The van der Waals surface area contributed by atoms with E-state index in [0.717, 1.165) is 37.4 Å². The summed E-state index contributed by atoms with van der Waals surface area (Å²) in [5.74, 6) is 0.770. The van der Waals surface area contributed by atoms with Crippen LogP contribution in [-0.2, 0) is 11.3 Å². The van der Waals surface area contributed by atoms with Gasteiger partial charge in [-0.25, -0.2) is 0 Å². The van der Waals surface area contributed by atoms with Gasteiger partial charge in [0.15, 0.2) is 10.6 Å². The molecule has 4 nitrogen and oxygen atoms in total. The molecule has 6 heteroatoms. The number of ether oxygens (including phenoxy) is 1. The van der Waals surface area contributed by atoms with E-state index < -0.39 is 0 Å². The summed E-state index contributed by atoms with van der Waals surface area (Å²) in [5.41, 5.74) is 0.884. The number of benzene rings is 1. The van der Waals surface area contributed by atoms with Crippen molar-refractivity contribution in [1.29, 1.82) is 0 Å². The summed E-state index contributed by atoms with van der Waals surface area (Å²) in [6.07, 6.45) is 2.39. The predicted molar refractivity (Wildman–Crippen MR) is 76.8 cm³/mol. The summed E-state index contributed by atoms with van der Waals surface area (Å²) in [7, 11) is 0. The van der Waals surface area contributed by atoms with E-state index >= 15 is 0 Å². The molecule has 0 aliphatic carbocycles. The lowest BCUT2D eigenvalue weighted by Gasteiger charge is -2.12. The highest BCUT2D eigenvalue weighted by molar-refractivity contribution is 7.71. The van der Waals surface area contributed by atoms with Gasteiger partial charge < -0.3 is 4.74 Å². The van der Waals surface area contributed by atoms with Crippen LogP contribution in [0, 0.1) is 4.77 Å². The van der Waals surface area contributed by atoms with E-state index in [-0.39, 0.29) is 6.10 Å². The zero-order chi connectivity index (χ0) is 13.2. The van der Waals surface area contributed by atoms with Gasteiger partial charge in [-0.05, 0) is 37.2 Å². The summed E-state index contributed by atoms with van der Waals surface area (Å²) in [6, 6.07) is 7.64. The van der Waals surface area contributed by atoms with Crippen LogP contribution in [0.3, 0.4) is 0 Å². The minimum Gasteiger partial charge on any atom is -0.376 e. The molecule has 0 saturated carbocycles. The van der Waals surface area contributed by atoms with Crippen LogP contribution in [0.1, 0.15) is 12.8 Å². The zero-order valence-electron chi connectivity index (χ0n) is 10.3. The van der Waals surface area contributed by atoms with Crippen molar-refractivity contribution in [2.24, 2.45) is 0 Å². The van der Waals surface area contributed by atoms with Gasteiger partial charge in [0.2, 0.25) is 0 Å². The summed E-state index contributed by atoms with van der Waals surface area (Å²) in [4.78, 5) is 0. The van der Waals surface area contributed by atoms with Crippen molar-refractivity contribution in [2.75, 3.05) is 6.61 Å². The molecule has 0 bridgehead atoms. The second-order valence-corrected chi connectivity index (χ2v) is 5.37. The zero-order valence-corrected chi connectivity index (χ0v) is 11.9. The molecule has 1 aliphatic heterocycles. The molecule has 1 aliphatic rings. The van der Waals surface area contributed by atoms with Crippen LogP contribution in [0.2, 0.25) is 5.02 Å². The number of nitrogens with one attached hydrogen (secondary N) is 1. The average molecular weight is 296 g/mol. The predicted octanol–water partition coefficient (Wildman–Crippen LogP) is 3.44. The third-order valence-electron chi connectivity index (χ3n) is 3.28. The molecule has 0 radical (unpaired) electrons. The molecule has 0 amide bonds. The fourth-order valence-corrected chi connectivity index (χ4v) is 2.75. The molecule has 1 saturated heterocycles. The number of hydrogen-bond donors (Lipinski definition) is 1. The van der Waals surface area contributed by atoms with E-state index in [1.54, 1.807) is 0 Å². The number of aromatic amines is 1. The van der Waals surface area contributed by atoms with Crippen LogP contribution >= 0.6 is 23.8 Å². The largest absolute Gasteiger partial charge is 0.376 e. The topological polar surface area (TPSA) is 42.8 Å². The van der Waals surface area contributed by atoms with E-state index in [0.29, 0.717) is 9.79 Å². The summed E-state index contributed by atoms with van der Waals surface area (Å²) in [5, 5.41) is 7.80. The molecule has 19 heavy (non-hydrogen) atoms. The monoisotopic (exact) mass is 295 g/mol. The standard InChI is InChI=1S/C13H14ClN3OS/c14-11-6-2-1-5-10(11)12-15-16-13(19)17(12)8-9-4-3-7-18-9/h1-2,5-6,9H,3-4,7-8H2,(H,16,19)/t9-/m0/s1. The average Bonchev–Trinajstić information content (AvgIpc) is 3.03. The van der Waals surface area contributed by atoms with Gasteiger partial charge >= 0.3 is 0 Å². The van der Waals surface area contributed by atoms with Gasteiger partial charge in [-0.1, -0.05) is 23.7 Å². The maximum Gasteiger partial charge on any atom is 0.195 e. The normalized spacial score (nSPS) is 18.9. The lowest BCUT2D eigenvalue weighted by molar-refractivity contribution is 0.0970. The molecule has 2 heterocycles. The van der Waals surface area contributed by atoms with E-state index in [2.05, 4.69) is 10.2 Å². The first-order valence-electron chi connectivity index (χ1n) is 6.27. The van der Waals surface area contributed by atoms with Gasteiger partial charge in [-0.2, -0.15) is 5.10 Å². The van der Waals surface area contributed by atoms with Gasteiger partial charge in [-0.3, -0.25) is 9.67 Å². The van der Waals surface area contributed by atoms with Crippen molar-refractivity contribution < 1.29 is 4.74 Å². The summed E-state index contributed by atoms with van der Waals surface area (Å²) in [6.45, 7) is 1.55.